The molecule has 7 nitrogen and oxygen atoms in total. The molecule has 3 rings (SSSR count). The van der Waals surface area contributed by atoms with Crippen molar-refractivity contribution in [1.29, 1.82) is 0 Å². The molecule has 2 aromatic carbocycles. The summed E-state index contributed by atoms with van der Waals surface area (Å²) in [4.78, 5) is 11.8. The summed E-state index contributed by atoms with van der Waals surface area (Å²) < 4.78 is 31.5. The zero-order chi connectivity index (χ0) is 21.7. The molecule has 0 spiro atoms. The van der Waals surface area contributed by atoms with E-state index in [1.807, 2.05) is 6.92 Å². The lowest BCUT2D eigenvalue weighted by molar-refractivity contribution is -0.118. The normalized spacial score (nSPS) is 18.2. The number of carbonyl (C=O) groups excluding carboxylic acids is 1. The molecule has 1 amide bonds. The van der Waals surface area contributed by atoms with Gasteiger partial charge in [0.05, 0.1) is 11.5 Å². The maximum atomic E-state index is 12.6. The van der Waals surface area contributed by atoms with Crippen LogP contribution in [-0.4, -0.2) is 31.0 Å². The van der Waals surface area contributed by atoms with E-state index in [9.17, 15) is 13.2 Å². The van der Waals surface area contributed by atoms with Gasteiger partial charge >= 0.3 is 10.1 Å². The SMILES string of the molecule is CCC[C@@H]1S/C(=N\N=C/c2cccc(OS(=O)(=O)c3cc(Br)ccc3Br)c2)NC1=O. The minimum Gasteiger partial charge on any atom is -0.379 e. The summed E-state index contributed by atoms with van der Waals surface area (Å²) >= 11 is 7.84. The molecular formula is C19H17Br2N3O4S2. The highest BCUT2D eigenvalue weighted by atomic mass is 79.9. The zero-order valence-corrected chi connectivity index (χ0v) is 20.5. The second kappa shape index (κ2) is 10.1. The van der Waals surface area contributed by atoms with Gasteiger partial charge in [-0.2, -0.15) is 13.5 Å². The van der Waals surface area contributed by atoms with Crippen molar-refractivity contribution < 1.29 is 17.4 Å². The molecule has 1 aliphatic heterocycles. The summed E-state index contributed by atoms with van der Waals surface area (Å²) in [5.41, 5.74) is 0.597. The molecule has 1 N–H and O–H groups in total. The van der Waals surface area contributed by atoms with Crippen molar-refractivity contribution in [3.8, 4) is 5.75 Å². The summed E-state index contributed by atoms with van der Waals surface area (Å²) in [6.07, 6.45) is 3.15. The molecule has 0 radical (unpaired) electrons. The van der Waals surface area contributed by atoms with Crippen LogP contribution in [0.4, 0.5) is 0 Å². The maximum Gasteiger partial charge on any atom is 0.340 e. The smallest absolute Gasteiger partial charge is 0.340 e. The fourth-order valence-corrected chi connectivity index (χ4v) is 5.96. The van der Waals surface area contributed by atoms with Crippen LogP contribution in [0.1, 0.15) is 25.3 Å². The highest BCUT2D eigenvalue weighted by molar-refractivity contribution is 9.11. The minimum absolute atomic E-state index is 0.0120. The molecule has 0 saturated carbocycles. The van der Waals surface area contributed by atoms with Crippen LogP contribution in [0.15, 0.2) is 66.5 Å². The Morgan fingerprint density at radius 1 is 1.23 bits per heavy atom. The van der Waals surface area contributed by atoms with Crippen LogP contribution >= 0.6 is 43.6 Å². The first-order valence-electron chi connectivity index (χ1n) is 8.86. The van der Waals surface area contributed by atoms with Crippen molar-refractivity contribution in [3.63, 3.8) is 0 Å². The molecule has 0 unspecified atom stereocenters. The lowest BCUT2D eigenvalue weighted by Gasteiger charge is -2.09. The molecule has 0 aromatic heterocycles. The van der Waals surface area contributed by atoms with Crippen LogP contribution in [-0.2, 0) is 14.9 Å². The lowest BCUT2D eigenvalue weighted by Crippen LogP contribution is -2.24. The molecule has 1 atom stereocenters. The average Bonchev–Trinajstić information content (AvgIpc) is 3.03. The Kier molecular flexibility index (Phi) is 7.72. The second-order valence-corrected chi connectivity index (χ2v) is 10.7. The van der Waals surface area contributed by atoms with Crippen LogP contribution in [0.3, 0.4) is 0 Å². The van der Waals surface area contributed by atoms with Gasteiger partial charge < -0.3 is 9.50 Å². The Labute approximate surface area is 195 Å². The van der Waals surface area contributed by atoms with Crippen LogP contribution in [0.5, 0.6) is 5.75 Å². The third kappa shape index (κ3) is 5.93. The molecule has 0 aliphatic carbocycles. The van der Waals surface area contributed by atoms with E-state index in [0.717, 1.165) is 12.8 Å². The summed E-state index contributed by atoms with van der Waals surface area (Å²) in [5, 5.41) is 11.0. The van der Waals surface area contributed by atoms with Crippen LogP contribution in [0.2, 0.25) is 0 Å². The number of nitrogens with one attached hydrogen (secondary N) is 1. The predicted octanol–water partition coefficient (Wildman–Crippen LogP) is 4.70. The molecule has 1 heterocycles. The minimum atomic E-state index is -4.03. The number of carbonyl (C=O) groups is 1. The molecule has 1 aliphatic rings. The van der Waals surface area contributed by atoms with E-state index >= 15 is 0 Å². The fourth-order valence-electron chi connectivity index (χ4n) is 2.54. The number of thioether (sulfide) groups is 1. The van der Waals surface area contributed by atoms with Crippen LogP contribution < -0.4 is 9.50 Å². The summed E-state index contributed by atoms with van der Waals surface area (Å²) in [6, 6.07) is 11.3. The number of halogens is 2. The Morgan fingerprint density at radius 2 is 2.03 bits per heavy atom. The predicted molar refractivity (Wildman–Crippen MR) is 126 cm³/mol. The van der Waals surface area contributed by atoms with Gasteiger partial charge in [-0.15, -0.1) is 5.10 Å². The highest BCUT2D eigenvalue weighted by Crippen LogP contribution is 2.28. The Morgan fingerprint density at radius 3 is 2.80 bits per heavy atom. The monoisotopic (exact) mass is 573 g/mol. The third-order valence-corrected chi connectivity index (χ3v) is 7.79. The number of amidine groups is 1. The van der Waals surface area contributed by atoms with Crippen molar-refractivity contribution in [2.45, 2.75) is 29.9 Å². The first-order valence-corrected chi connectivity index (χ1v) is 12.7. The molecule has 158 valence electrons. The van der Waals surface area contributed by atoms with E-state index in [0.29, 0.717) is 19.7 Å². The van der Waals surface area contributed by atoms with Gasteiger partial charge in [0.15, 0.2) is 5.17 Å². The van der Waals surface area contributed by atoms with E-state index in [2.05, 4.69) is 47.4 Å². The third-order valence-electron chi connectivity index (χ3n) is 3.91. The fraction of sp³-hybridized carbons (Fsp3) is 0.211. The standard InChI is InChI=1S/C19H17Br2N3O4S2/c1-2-4-16-18(25)23-19(29-16)24-22-11-12-5-3-6-14(9-12)28-30(26,27)17-10-13(20)7-8-15(17)21/h3,5-11,16H,2,4H2,1H3,(H,23,24,25)/b22-11-/t16-/m0/s1. The topological polar surface area (TPSA) is 97.2 Å². The number of benzene rings is 2. The number of hydrogen-bond acceptors (Lipinski definition) is 7. The quantitative estimate of drug-likeness (QED) is 0.294. The van der Waals surface area contributed by atoms with Gasteiger partial charge in [0.25, 0.3) is 0 Å². The Hall–Kier alpha value is -1.69. The molecule has 30 heavy (non-hydrogen) atoms. The van der Waals surface area contributed by atoms with Crippen molar-refractivity contribution in [3.05, 3.63) is 57.0 Å². The van der Waals surface area contributed by atoms with Gasteiger partial charge in [-0.25, -0.2) is 0 Å². The summed E-state index contributed by atoms with van der Waals surface area (Å²) in [5.74, 6) is 0.0835. The first-order chi connectivity index (χ1) is 14.3. The molecule has 11 heteroatoms. The van der Waals surface area contributed by atoms with E-state index in [1.165, 1.54) is 36.2 Å². The van der Waals surface area contributed by atoms with Crippen LogP contribution in [0, 0.1) is 0 Å². The van der Waals surface area contributed by atoms with Gasteiger partial charge in [0, 0.05) is 8.95 Å². The molecule has 1 saturated heterocycles. The Balaban J connectivity index is 1.72. The van der Waals surface area contributed by atoms with Crippen molar-refractivity contribution in [1.82, 2.24) is 5.32 Å². The number of hydrogen-bond donors (Lipinski definition) is 1. The van der Waals surface area contributed by atoms with Crippen molar-refractivity contribution >= 4 is 71.0 Å². The second-order valence-electron chi connectivity index (χ2n) is 6.22. The van der Waals surface area contributed by atoms with Gasteiger partial charge in [-0.1, -0.05) is 53.2 Å². The van der Waals surface area contributed by atoms with Gasteiger partial charge in [-0.3, -0.25) is 4.79 Å². The van der Waals surface area contributed by atoms with Crippen LogP contribution in [0.25, 0.3) is 0 Å². The zero-order valence-electron chi connectivity index (χ0n) is 15.7. The van der Waals surface area contributed by atoms with Gasteiger partial charge in [0.2, 0.25) is 5.91 Å². The van der Waals surface area contributed by atoms with Gasteiger partial charge in [0.1, 0.15) is 10.6 Å². The number of amides is 1. The first kappa shape index (κ1) is 23.0. The van der Waals surface area contributed by atoms with E-state index in [-0.39, 0.29) is 21.8 Å². The highest BCUT2D eigenvalue weighted by Gasteiger charge is 2.29. The van der Waals surface area contributed by atoms with E-state index in [4.69, 9.17) is 4.18 Å². The van der Waals surface area contributed by atoms with Crippen molar-refractivity contribution in [2.75, 3.05) is 0 Å². The van der Waals surface area contributed by atoms with Crippen molar-refractivity contribution in [2.24, 2.45) is 10.2 Å². The number of nitrogens with zero attached hydrogens (tertiary/aromatic N) is 2. The maximum absolute atomic E-state index is 12.6. The molecular weight excluding hydrogens is 558 g/mol. The number of rotatable bonds is 7. The average molecular weight is 575 g/mol. The summed E-state index contributed by atoms with van der Waals surface area (Å²) in [7, 11) is -4.03. The lowest BCUT2D eigenvalue weighted by atomic mass is 10.2. The van der Waals surface area contributed by atoms with E-state index in [1.54, 1.807) is 24.3 Å². The Bertz CT molecular complexity index is 1120. The largest absolute Gasteiger partial charge is 0.379 e. The molecule has 1 fully saturated rings. The molecule has 0 bridgehead atoms. The van der Waals surface area contributed by atoms with Gasteiger partial charge in [-0.05, 0) is 58.2 Å². The molecule has 2 aromatic rings. The van der Waals surface area contributed by atoms with E-state index < -0.39 is 10.1 Å². The summed E-state index contributed by atoms with van der Waals surface area (Å²) in [6.45, 7) is 2.02.